The summed E-state index contributed by atoms with van der Waals surface area (Å²) >= 11 is 1.34. The standard InChI is InChI=1S/C20H23NO4S/c1-3-14(2)15-6-8-16(9-7-15)21-19(23)13-25-20(24)11-10-17(22)18-5-4-12-26-18/h4-9,12,14H,3,10-11,13H2,1-2H3,(H,21,23)/t14-/m1/s1. The average Bonchev–Trinajstić information content (AvgIpc) is 3.19. The first-order valence-electron chi connectivity index (χ1n) is 8.61. The van der Waals surface area contributed by atoms with Gasteiger partial charge >= 0.3 is 5.97 Å². The minimum Gasteiger partial charge on any atom is -0.456 e. The molecule has 0 radical (unpaired) electrons. The highest BCUT2D eigenvalue weighted by Crippen LogP contribution is 2.20. The number of Topliss-reactive ketones (excluding diaryl/α,β-unsaturated/α-hetero) is 1. The molecule has 1 atom stereocenters. The number of hydrogen-bond donors (Lipinski definition) is 1. The number of amides is 1. The maximum Gasteiger partial charge on any atom is 0.306 e. The lowest BCUT2D eigenvalue weighted by Crippen LogP contribution is -2.21. The number of benzene rings is 1. The maximum absolute atomic E-state index is 11.9. The van der Waals surface area contributed by atoms with Crippen LogP contribution in [0.3, 0.4) is 0 Å². The third-order valence-electron chi connectivity index (χ3n) is 4.09. The molecule has 1 heterocycles. The molecular weight excluding hydrogens is 350 g/mol. The second-order valence-electron chi connectivity index (χ2n) is 6.04. The van der Waals surface area contributed by atoms with Gasteiger partial charge in [-0.25, -0.2) is 0 Å². The molecule has 1 aromatic carbocycles. The predicted molar refractivity (Wildman–Crippen MR) is 103 cm³/mol. The van der Waals surface area contributed by atoms with Gasteiger partial charge < -0.3 is 10.1 Å². The van der Waals surface area contributed by atoms with Crippen molar-refractivity contribution in [3.8, 4) is 0 Å². The highest BCUT2D eigenvalue weighted by molar-refractivity contribution is 7.12. The van der Waals surface area contributed by atoms with Crippen LogP contribution in [0.5, 0.6) is 0 Å². The van der Waals surface area contributed by atoms with Crippen LogP contribution in [0.15, 0.2) is 41.8 Å². The predicted octanol–water partition coefficient (Wildman–Crippen LogP) is 4.41. The van der Waals surface area contributed by atoms with E-state index < -0.39 is 11.9 Å². The highest BCUT2D eigenvalue weighted by Gasteiger charge is 2.12. The van der Waals surface area contributed by atoms with E-state index >= 15 is 0 Å². The largest absolute Gasteiger partial charge is 0.456 e. The van der Waals surface area contributed by atoms with Gasteiger partial charge in [0.2, 0.25) is 0 Å². The number of nitrogens with one attached hydrogen (secondary N) is 1. The number of rotatable bonds is 9. The summed E-state index contributed by atoms with van der Waals surface area (Å²) in [5, 5.41) is 4.50. The van der Waals surface area contributed by atoms with E-state index in [1.165, 1.54) is 16.9 Å². The minimum atomic E-state index is -0.558. The summed E-state index contributed by atoms with van der Waals surface area (Å²) in [6.45, 7) is 3.91. The van der Waals surface area contributed by atoms with Crippen LogP contribution in [0, 0.1) is 0 Å². The molecule has 2 rings (SSSR count). The zero-order valence-electron chi connectivity index (χ0n) is 15.0. The number of carbonyl (C=O) groups is 3. The molecule has 0 aliphatic carbocycles. The first kappa shape index (κ1) is 19.8. The van der Waals surface area contributed by atoms with E-state index in [1.54, 1.807) is 12.1 Å². The molecule has 1 aromatic heterocycles. The smallest absolute Gasteiger partial charge is 0.306 e. The summed E-state index contributed by atoms with van der Waals surface area (Å²) in [4.78, 5) is 36.0. The number of ketones is 1. The van der Waals surface area contributed by atoms with Gasteiger partial charge in [-0.2, -0.15) is 0 Å². The Hall–Kier alpha value is -2.47. The van der Waals surface area contributed by atoms with Crippen LogP contribution in [0.1, 0.15) is 54.3 Å². The van der Waals surface area contributed by atoms with Crippen molar-refractivity contribution in [2.24, 2.45) is 0 Å². The first-order valence-corrected chi connectivity index (χ1v) is 9.49. The molecule has 0 spiro atoms. The molecule has 0 fully saturated rings. The van der Waals surface area contributed by atoms with E-state index in [9.17, 15) is 14.4 Å². The van der Waals surface area contributed by atoms with Crippen molar-refractivity contribution in [2.75, 3.05) is 11.9 Å². The zero-order chi connectivity index (χ0) is 18.9. The summed E-state index contributed by atoms with van der Waals surface area (Å²) in [6, 6.07) is 11.1. The number of thiophene rings is 1. The third-order valence-corrected chi connectivity index (χ3v) is 5.00. The maximum atomic E-state index is 11.9. The Morgan fingerprint density at radius 3 is 2.46 bits per heavy atom. The summed E-state index contributed by atoms with van der Waals surface area (Å²) in [5.41, 5.74) is 1.87. The normalized spacial score (nSPS) is 11.6. The van der Waals surface area contributed by atoms with E-state index in [-0.39, 0.29) is 25.2 Å². The molecule has 26 heavy (non-hydrogen) atoms. The van der Waals surface area contributed by atoms with Gasteiger partial charge in [0.15, 0.2) is 12.4 Å². The number of hydrogen-bond acceptors (Lipinski definition) is 5. The molecule has 0 aliphatic heterocycles. The lowest BCUT2D eigenvalue weighted by molar-refractivity contribution is -0.147. The molecular formula is C20H23NO4S. The van der Waals surface area contributed by atoms with Crippen LogP contribution in [0.4, 0.5) is 5.69 Å². The molecule has 0 saturated heterocycles. The quantitative estimate of drug-likeness (QED) is 0.522. The van der Waals surface area contributed by atoms with E-state index in [0.29, 0.717) is 16.5 Å². The lowest BCUT2D eigenvalue weighted by atomic mass is 9.99. The fourth-order valence-electron chi connectivity index (χ4n) is 2.32. The van der Waals surface area contributed by atoms with Crippen molar-refractivity contribution >= 4 is 34.7 Å². The van der Waals surface area contributed by atoms with Gasteiger partial charge in [0.1, 0.15) is 0 Å². The second-order valence-corrected chi connectivity index (χ2v) is 6.99. The number of esters is 1. The highest BCUT2D eigenvalue weighted by atomic mass is 32.1. The van der Waals surface area contributed by atoms with Gasteiger partial charge in [-0.15, -0.1) is 11.3 Å². The Labute approximate surface area is 157 Å². The fraction of sp³-hybridized carbons (Fsp3) is 0.350. The molecule has 1 amide bonds. The number of anilines is 1. The molecule has 0 saturated carbocycles. The van der Waals surface area contributed by atoms with E-state index in [1.807, 2.05) is 29.6 Å². The van der Waals surface area contributed by atoms with Gasteiger partial charge in [0, 0.05) is 12.1 Å². The second kappa shape index (κ2) is 9.87. The van der Waals surface area contributed by atoms with E-state index in [0.717, 1.165) is 6.42 Å². The van der Waals surface area contributed by atoms with Crippen molar-refractivity contribution in [1.82, 2.24) is 0 Å². The SMILES string of the molecule is CC[C@@H](C)c1ccc(NC(=O)COC(=O)CCC(=O)c2cccs2)cc1. The summed E-state index contributed by atoms with van der Waals surface area (Å²) in [7, 11) is 0. The lowest BCUT2D eigenvalue weighted by Gasteiger charge is -2.10. The van der Waals surface area contributed by atoms with Crippen molar-refractivity contribution in [3.05, 3.63) is 52.2 Å². The Kier molecular flexibility index (Phi) is 7.53. The average molecular weight is 373 g/mol. The molecule has 0 bridgehead atoms. The third kappa shape index (κ3) is 6.11. The molecule has 2 aromatic rings. The monoisotopic (exact) mass is 373 g/mol. The van der Waals surface area contributed by atoms with Crippen molar-refractivity contribution in [1.29, 1.82) is 0 Å². The van der Waals surface area contributed by atoms with Crippen molar-refractivity contribution < 1.29 is 19.1 Å². The van der Waals surface area contributed by atoms with Gasteiger partial charge in [-0.05, 0) is 41.5 Å². The summed E-state index contributed by atoms with van der Waals surface area (Å²) in [5.74, 6) is -0.586. The molecule has 138 valence electrons. The fourth-order valence-corrected chi connectivity index (χ4v) is 3.02. The molecule has 1 N–H and O–H groups in total. The Balaban J connectivity index is 1.71. The zero-order valence-corrected chi connectivity index (χ0v) is 15.8. The number of carbonyl (C=O) groups excluding carboxylic acids is 3. The molecule has 6 heteroatoms. The van der Waals surface area contributed by atoms with Crippen LogP contribution in [0.2, 0.25) is 0 Å². The van der Waals surface area contributed by atoms with Gasteiger partial charge in [0.25, 0.3) is 5.91 Å². The van der Waals surface area contributed by atoms with E-state index in [2.05, 4.69) is 19.2 Å². The van der Waals surface area contributed by atoms with Crippen LogP contribution in [0.25, 0.3) is 0 Å². The van der Waals surface area contributed by atoms with Crippen LogP contribution in [-0.4, -0.2) is 24.3 Å². The Morgan fingerprint density at radius 2 is 1.85 bits per heavy atom. The van der Waals surface area contributed by atoms with Crippen molar-refractivity contribution in [3.63, 3.8) is 0 Å². The van der Waals surface area contributed by atoms with E-state index in [4.69, 9.17) is 4.74 Å². The molecule has 0 aliphatic rings. The van der Waals surface area contributed by atoms with Gasteiger partial charge in [0.05, 0.1) is 11.3 Å². The van der Waals surface area contributed by atoms with Crippen LogP contribution in [-0.2, 0) is 14.3 Å². The molecule has 0 unspecified atom stereocenters. The Bertz CT molecular complexity index is 738. The van der Waals surface area contributed by atoms with Crippen molar-refractivity contribution in [2.45, 2.75) is 39.0 Å². The number of ether oxygens (including phenoxy) is 1. The molecule has 5 nitrogen and oxygen atoms in total. The van der Waals surface area contributed by atoms with Gasteiger partial charge in [-0.3, -0.25) is 14.4 Å². The van der Waals surface area contributed by atoms with Crippen LogP contribution >= 0.6 is 11.3 Å². The summed E-state index contributed by atoms with van der Waals surface area (Å²) in [6.07, 6.45) is 1.10. The Morgan fingerprint density at radius 1 is 1.12 bits per heavy atom. The first-order chi connectivity index (χ1) is 12.5. The van der Waals surface area contributed by atoms with Gasteiger partial charge in [-0.1, -0.05) is 32.0 Å². The summed E-state index contributed by atoms with van der Waals surface area (Å²) < 4.78 is 4.92. The minimum absolute atomic E-state index is 0.0341. The topological polar surface area (TPSA) is 72.5 Å². The van der Waals surface area contributed by atoms with Crippen LogP contribution < -0.4 is 5.32 Å².